The Bertz CT molecular complexity index is 1140. The van der Waals surface area contributed by atoms with Crippen molar-refractivity contribution >= 4 is 11.7 Å². The molecule has 1 aromatic heterocycles. The van der Waals surface area contributed by atoms with Gasteiger partial charge in [0.15, 0.2) is 17.3 Å². The number of aromatic nitrogens is 2. The molecule has 1 fully saturated rings. The minimum Gasteiger partial charge on any atom is -0.454 e. The van der Waals surface area contributed by atoms with E-state index in [1.165, 1.54) is 0 Å². The van der Waals surface area contributed by atoms with Gasteiger partial charge < -0.3 is 24.4 Å². The molecular weight excluding hydrogens is 420 g/mol. The molecule has 0 aliphatic carbocycles. The van der Waals surface area contributed by atoms with E-state index in [1.807, 2.05) is 49.4 Å². The summed E-state index contributed by atoms with van der Waals surface area (Å²) in [5.41, 5.74) is 2.13. The number of hydrogen-bond acceptors (Lipinski definition) is 7. The van der Waals surface area contributed by atoms with Crippen LogP contribution in [0.15, 0.2) is 54.9 Å². The van der Waals surface area contributed by atoms with Crippen molar-refractivity contribution in [3.8, 4) is 23.1 Å². The summed E-state index contributed by atoms with van der Waals surface area (Å²) in [7, 11) is 0. The molecule has 8 nitrogen and oxygen atoms in total. The second kappa shape index (κ2) is 9.36. The van der Waals surface area contributed by atoms with Gasteiger partial charge >= 0.3 is 0 Å². The van der Waals surface area contributed by atoms with Gasteiger partial charge in [-0.3, -0.25) is 4.79 Å². The topological polar surface area (TPSA) is 85.8 Å². The van der Waals surface area contributed by atoms with E-state index in [9.17, 15) is 4.79 Å². The maximum Gasteiger partial charge on any atom is 0.263 e. The molecule has 5 rings (SSSR count). The number of ether oxygens (including phenoxy) is 3. The third-order valence-electron chi connectivity index (χ3n) is 5.88. The van der Waals surface area contributed by atoms with Crippen LogP contribution < -0.4 is 24.4 Å². The summed E-state index contributed by atoms with van der Waals surface area (Å²) in [6.07, 6.45) is 4.99. The van der Waals surface area contributed by atoms with E-state index in [2.05, 4.69) is 20.2 Å². The summed E-state index contributed by atoms with van der Waals surface area (Å²) in [4.78, 5) is 23.9. The number of carbonyl (C=O) groups is 1. The zero-order chi connectivity index (χ0) is 22.6. The summed E-state index contributed by atoms with van der Waals surface area (Å²) in [6.45, 7) is 4.08. The average molecular weight is 447 g/mol. The second-order valence-electron chi connectivity index (χ2n) is 8.29. The number of rotatable bonds is 6. The number of anilines is 1. The Hall–Kier alpha value is -3.81. The van der Waals surface area contributed by atoms with Crippen LogP contribution in [-0.2, 0) is 11.3 Å². The van der Waals surface area contributed by atoms with E-state index in [4.69, 9.17) is 14.2 Å². The highest BCUT2D eigenvalue weighted by Gasteiger charge is 2.28. The molecule has 1 N–H and O–H groups in total. The third-order valence-corrected chi connectivity index (χ3v) is 5.88. The normalized spacial score (nSPS) is 17.0. The number of carbonyl (C=O) groups excluding carboxylic acids is 1. The van der Waals surface area contributed by atoms with E-state index in [0.29, 0.717) is 36.3 Å². The van der Waals surface area contributed by atoms with Crippen LogP contribution in [0.1, 0.15) is 24.0 Å². The SMILES string of the molecule is Cc1ccc(Oc2nccnc2N2CCCC(C(=O)NCc3ccc4c(c3)OCO4)C2)cc1. The molecule has 8 heteroatoms. The first-order valence-corrected chi connectivity index (χ1v) is 11.1. The molecule has 0 spiro atoms. The molecule has 1 atom stereocenters. The number of nitrogens with zero attached hydrogens (tertiary/aromatic N) is 3. The molecule has 0 radical (unpaired) electrons. The zero-order valence-corrected chi connectivity index (χ0v) is 18.5. The van der Waals surface area contributed by atoms with Crippen LogP contribution >= 0.6 is 0 Å². The van der Waals surface area contributed by atoms with E-state index < -0.39 is 0 Å². The van der Waals surface area contributed by atoms with E-state index in [1.54, 1.807) is 12.4 Å². The average Bonchev–Trinajstić information content (AvgIpc) is 3.32. The predicted octanol–water partition coefficient (Wildman–Crippen LogP) is 3.84. The van der Waals surface area contributed by atoms with E-state index in [0.717, 1.165) is 36.3 Å². The van der Waals surface area contributed by atoms with Gasteiger partial charge in [0, 0.05) is 32.0 Å². The van der Waals surface area contributed by atoms with Gasteiger partial charge in [-0.1, -0.05) is 23.8 Å². The minimum atomic E-state index is -0.137. The molecule has 2 aliphatic heterocycles. The first-order chi connectivity index (χ1) is 16.2. The zero-order valence-electron chi connectivity index (χ0n) is 18.5. The van der Waals surface area contributed by atoms with Crippen LogP contribution in [0.25, 0.3) is 0 Å². The summed E-state index contributed by atoms with van der Waals surface area (Å²) in [5, 5.41) is 3.06. The van der Waals surface area contributed by atoms with Crippen molar-refractivity contribution in [2.75, 3.05) is 24.8 Å². The van der Waals surface area contributed by atoms with Gasteiger partial charge in [-0.25, -0.2) is 9.97 Å². The summed E-state index contributed by atoms with van der Waals surface area (Å²) in [6, 6.07) is 13.5. The van der Waals surface area contributed by atoms with Gasteiger partial charge in [-0.15, -0.1) is 0 Å². The van der Waals surface area contributed by atoms with Crippen LogP contribution in [0.4, 0.5) is 5.82 Å². The van der Waals surface area contributed by atoms with Gasteiger partial charge in [-0.2, -0.15) is 0 Å². The lowest BCUT2D eigenvalue weighted by atomic mass is 9.97. The van der Waals surface area contributed by atoms with E-state index in [-0.39, 0.29) is 18.6 Å². The molecule has 1 amide bonds. The molecule has 2 aromatic carbocycles. The van der Waals surface area contributed by atoms with E-state index >= 15 is 0 Å². The molecule has 0 saturated carbocycles. The molecule has 1 saturated heterocycles. The van der Waals surface area contributed by atoms with Crippen LogP contribution in [0, 0.1) is 12.8 Å². The summed E-state index contributed by atoms with van der Waals surface area (Å²) < 4.78 is 16.8. The molecule has 0 bridgehead atoms. The Morgan fingerprint density at radius 2 is 1.94 bits per heavy atom. The van der Waals surface area contributed by atoms with Crippen molar-refractivity contribution in [2.45, 2.75) is 26.3 Å². The highest BCUT2D eigenvalue weighted by atomic mass is 16.7. The standard InChI is InChI=1S/C25H26N4O4/c1-17-4-7-20(8-5-17)33-25-23(26-10-11-27-25)29-12-2-3-19(15-29)24(30)28-14-18-6-9-21-22(13-18)32-16-31-21/h4-11,13,19H,2-3,12,14-16H2,1H3,(H,28,30). The molecule has 170 valence electrons. The number of amides is 1. The fourth-order valence-electron chi connectivity index (χ4n) is 4.09. The van der Waals surface area contributed by atoms with Gasteiger partial charge in [0.2, 0.25) is 12.7 Å². The van der Waals surface area contributed by atoms with Gasteiger partial charge in [0.25, 0.3) is 5.88 Å². The van der Waals surface area contributed by atoms with Crippen molar-refractivity contribution in [1.29, 1.82) is 0 Å². The number of fused-ring (bicyclic) bond motifs is 1. The fourth-order valence-corrected chi connectivity index (χ4v) is 4.09. The number of nitrogens with one attached hydrogen (secondary N) is 1. The first-order valence-electron chi connectivity index (χ1n) is 11.1. The van der Waals surface area contributed by atoms with Crippen LogP contribution in [0.2, 0.25) is 0 Å². The minimum absolute atomic E-state index is 0.0299. The Labute approximate surface area is 192 Å². The van der Waals surface area contributed by atoms with Crippen LogP contribution in [-0.4, -0.2) is 35.8 Å². The Kier molecular flexibility index (Phi) is 5.97. The number of benzene rings is 2. The highest BCUT2D eigenvalue weighted by Crippen LogP contribution is 2.33. The predicted molar refractivity (Wildman–Crippen MR) is 123 cm³/mol. The number of aryl methyl sites for hydroxylation is 1. The smallest absolute Gasteiger partial charge is 0.263 e. The lowest BCUT2D eigenvalue weighted by Gasteiger charge is -2.33. The lowest BCUT2D eigenvalue weighted by molar-refractivity contribution is -0.125. The molecule has 3 aromatic rings. The van der Waals surface area contributed by atoms with Crippen molar-refractivity contribution < 1.29 is 19.0 Å². The number of hydrogen-bond donors (Lipinski definition) is 1. The Morgan fingerprint density at radius 1 is 1.12 bits per heavy atom. The van der Waals surface area contributed by atoms with Crippen LogP contribution in [0.5, 0.6) is 23.1 Å². The largest absolute Gasteiger partial charge is 0.454 e. The van der Waals surface area contributed by atoms with Crippen molar-refractivity contribution in [1.82, 2.24) is 15.3 Å². The Morgan fingerprint density at radius 3 is 2.82 bits per heavy atom. The van der Waals surface area contributed by atoms with Crippen LogP contribution in [0.3, 0.4) is 0 Å². The molecule has 2 aliphatic rings. The van der Waals surface area contributed by atoms with Gasteiger partial charge in [0.1, 0.15) is 5.75 Å². The molecule has 1 unspecified atom stereocenters. The lowest BCUT2D eigenvalue weighted by Crippen LogP contribution is -2.43. The summed E-state index contributed by atoms with van der Waals surface area (Å²) in [5.74, 6) is 3.16. The molecule has 3 heterocycles. The number of piperidine rings is 1. The molecule has 33 heavy (non-hydrogen) atoms. The van der Waals surface area contributed by atoms with Crippen molar-refractivity contribution in [2.24, 2.45) is 5.92 Å². The van der Waals surface area contributed by atoms with Gasteiger partial charge in [0.05, 0.1) is 5.92 Å². The molecular formula is C25H26N4O4. The third kappa shape index (κ3) is 4.84. The maximum atomic E-state index is 12.9. The second-order valence-corrected chi connectivity index (χ2v) is 8.29. The fraction of sp³-hybridized carbons (Fsp3) is 0.320. The maximum absolute atomic E-state index is 12.9. The van der Waals surface area contributed by atoms with Crippen molar-refractivity contribution in [3.63, 3.8) is 0 Å². The van der Waals surface area contributed by atoms with Gasteiger partial charge in [-0.05, 0) is 49.6 Å². The monoisotopic (exact) mass is 446 g/mol. The quantitative estimate of drug-likeness (QED) is 0.616. The highest BCUT2D eigenvalue weighted by molar-refractivity contribution is 5.79. The summed E-state index contributed by atoms with van der Waals surface area (Å²) >= 11 is 0. The van der Waals surface area contributed by atoms with Crippen molar-refractivity contribution in [3.05, 3.63) is 66.0 Å². The first kappa shape index (κ1) is 21.1. The Balaban J connectivity index is 1.23.